The highest BCUT2D eigenvalue weighted by Crippen LogP contribution is 2.27. The van der Waals surface area contributed by atoms with Crippen molar-refractivity contribution in [3.63, 3.8) is 0 Å². The number of nitrogens with zero attached hydrogens (tertiary/aromatic N) is 3. The number of anilines is 1. The maximum atomic E-state index is 10.0. The first-order chi connectivity index (χ1) is 11.8. The Hall–Kier alpha value is -2.69. The summed E-state index contributed by atoms with van der Waals surface area (Å²) in [5.41, 5.74) is 2.15. The van der Waals surface area contributed by atoms with Gasteiger partial charge in [-0.1, -0.05) is 42.5 Å². The summed E-state index contributed by atoms with van der Waals surface area (Å²) in [6, 6.07) is 17.8. The lowest BCUT2D eigenvalue weighted by Crippen LogP contribution is -2.52. The second-order valence-electron chi connectivity index (χ2n) is 5.85. The van der Waals surface area contributed by atoms with Gasteiger partial charge in [0.1, 0.15) is 5.75 Å². The summed E-state index contributed by atoms with van der Waals surface area (Å²) in [4.78, 5) is 8.89. The molecule has 1 aliphatic rings. The molecule has 2 aromatic rings. The molecule has 0 spiro atoms. The molecule has 0 aliphatic carbocycles. The maximum Gasteiger partial charge on any atom is 0.194 e. The monoisotopic (exact) mass is 324 g/mol. The van der Waals surface area contributed by atoms with Crippen molar-refractivity contribution in [2.45, 2.75) is 6.54 Å². The van der Waals surface area contributed by atoms with Gasteiger partial charge in [-0.15, -0.1) is 0 Å². The Balaban J connectivity index is 1.56. The van der Waals surface area contributed by atoms with E-state index in [1.54, 1.807) is 6.07 Å². The fourth-order valence-electron chi connectivity index (χ4n) is 3.00. The molecule has 5 nitrogen and oxygen atoms in total. The number of piperazine rings is 1. The highest BCUT2D eigenvalue weighted by atomic mass is 16.3. The molecule has 2 aromatic carbocycles. The van der Waals surface area contributed by atoms with Crippen LogP contribution in [0.2, 0.25) is 0 Å². The van der Waals surface area contributed by atoms with Crippen molar-refractivity contribution in [3.8, 4) is 5.75 Å². The molecule has 0 bridgehead atoms. The number of hydrogen-bond donors (Lipinski definition) is 2. The molecule has 0 radical (unpaired) electrons. The standard InChI is InChI=1S/C19H24N4O/c1-20-19(21-15-16-7-3-2-4-8-16)23-13-11-22(12-14-23)17-9-5-6-10-18(17)24/h2-10,24H,11-15H2,1H3,(H,20,21). The first-order valence-electron chi connectivity index (χ1n) is 8.30. The number of rotatable bonds is 3. The molecule has 1 aliphatic heterocycles. The molecule has 126 valence electrons. The molecular formula is C19H24N4O. The van der Waals surface area contributed by atoms with Crippen LogP contribution in [0.3, 0.4) is 0 Å². The van der Waals surface area contributed by atoms with Crippen molar-refractivity contribution < 1.29 is 5.11 Å². The number of phenolic OH excluding ortho intramolecular Hbond substituents is 1. The van der Waals surface area contributed by atoms with Crippen LogP contribution in [-0.2, 0) is 6.54 Å². The molecule has 3 rings (SSSR count). The molecule has 1 fully saturated rings. The van der Waals surface area contributed by atoms with Gasteiger partial charge in [0.25, 0.3) is 0 Å². The molecule has 1 heterocycles. The Morgan fingerprint density at radius 1 is 1.00 bits per heavy atom. The molecule has 2 N–H and O–H groups in total. The lowest BCUT2D eigenvalue weighted by atomic mass is 10.2. The van der Waals surface area contributed by atoms with E-state index in [2.05, 4.69) is 32.2 Å². The van der Waals surface area contributed by atoms with E-state index < -0.39 is 0 Å². The Morgan fingerprint density at radius 3 is 2.33 bits per heavy atom. The van der Waals surface area contributed by atoms with Gasteiger partial charge >= 0.3 is 0 Å². The van der Waals surface area contributed by atoms with Crippen LogP contribution in [0.15, 0.2) is 59.6 Å². The van der Waals surface area contributed by atoms with E-state index in [0.717, 1.165) is 44.4 Å². The van der Waals surface area contributed by atoms with Crippen molar-refractivity contribution in [1.82, 2.24) is 10.2 Å². The topological polar surface area (TPSA) is 51.1 Å². The van der Waals surface area contributed by atoms with Gasteiger partial charge in [0, 0.05) is 39.8 Å². The van der Waals surface area contributed by atoms with Gasteiger partial charge < -0.3 is 20.2 Å². The predicted octanol–water partition coefficient (Wildman–Crippen LogP) is 2.29. The summed E-state index contributed by atoms with van der Waals surface area (Å²) in [6.07, 6.45) is 0. The summed E-state index contributed by atoms with van der Waals surface area (Å²) in [7, 11) is 1.82. The van der Waals surface area contributed by atoms with Crippen molar-refractivity contribution in [2.24, 2.45) is 4.99 Å². The van der Waals surface area contributed by atoms with Crippen LogP contribution in [0.5, 0.6) is 5.75 Å². The first kappa shape index (κ1) is 16.2. The van der Waals surface area contributed by atoms with E-state index in [9.17, 15) is 5.11 Å². The number of phenols is 1. The number of aliphatic imine (C=N–C) groups is 1. The first-order valence-corrected chi connectivity index (χ1v) is 8.30. The minimum Gasteiger partial charge on any atom is -0.506 e. The lowest BCUT2D eigenvalue weighted by Gasteiger charge is -2.37. The van der Waals surface area contributed by atoms with Gasteiger partial charge in [0.05, 0.1) is 5.69 Å². The van der Waals surface area contributed by atoms with E-state index in [-0.39, 0.29) is 0 Å². The minimum atomic E-state index is 0.345. The Bertz CT molecular complexity index is 679. The maximum absolute atomic E-state index is 10.0. The van der Waals surface area contributed by atoms with Gasteiger partial charge in [-0.2, -0.15) is 0 Å². The van der Waals surface area contributed by atoms with Crippen molar-refractivity contribution in [3.05, 3.63) is 60.2 Å². The quantitative estimate of drug-likeness (QED) is 0.672. The van der Waals surface area contributed by atoms with E-state index in [0.29, 0.717) is 5.75 Å². The van der Waals surface area contributed by atoms with Crippen molar-refractivity contribution in [1.29, 1.82) is 0 Å². The number of guanidine groups is 1. The zero-order chi connectivity index (χ0) is 16.8. The van der Waals surface area contributed by atoms with Gasteiger partial charge in [-0.25, -0.2) is 0 Å². The zero-order valence-electron chi connectivity index (χ0n) is 14.0. The smallest absolute Gasteiger partial charge is 0.194 e. The van der Waals surface area contributed by atoms with Crippen LogP contribution >= 0.6 is 0 Å². The lowest BCUT2D eigenvalue weighted by molar-refractivity contribution is 0.369. The van der Waals surface area contributed by atoms with E-state index in [1.807, 2.05) is 43.4 Å². The second kappa shape index (κ2) is 7.73. The average molecular weight is 324 g/mol. The van der Waals surface area contributed by atoms with E-state index >= 15 is 0 Å². The largest absolute Gasteiger partial charge is 0.506 e. The number of para-hydroxylation sites is 2. The zero-order valence-corrected chi connectivity index (χ0v) is 14.0. The molecule has 1 saturated heterocycles. The van der Waals surface area contributed by atoms with Gasteiger partial charge in [-0.05, 0) is 17.7 Å². The molecule has 24 heavy (non-hydrogen) atoms. The molecule has 0 saturated carbocycles. The molecule has 5 heteroatoms. The highest BCUT2D eigenvalue weighted by Gasteiger charge is 2.21. The van der Waals surface area contributed by atoms with Crippen molar-refractivity contribution in [2.75, 3.05) is 38.1 Å². The minimum absolute atomic E-state index is 0.345. The normalized spacial score (nSPS) is 15.5. The highest BCUT2D eigenvalue weighted by molar-refractivity contribution is 5.80. The van der Waals surface area contributed by atoms with E-state index in [4.69, 9.17) is 0 Å². The van der Waals surface area contributed by atoms with Crippen LogP contribution in [-0.4, -0.2) is 49.2 Å². The Kier molecular flexibility index (Phi) is 5.21. The molecule has 0 unspecified atom stereocenters. The van der Waals surface area contributed by atoms with E-state index in [1.165, 1.54) is 5.56 Å². The third-order valence-electron chi connectivity index (χ3n) is 4.31. The van der Waals surface area contributed by atoms with Gasteiger partial charge in [0.2, 0.25) is 0 Å². The Labute approximate surface area is 143 Å². The summed E-state index contributed by atoms with van der Waals surface area (Å²) < 4.78 is 0. The number of benzene rings is 2. The molecule has 0 aromatic heterocycles. The summed E-state index contributed by atoms with van der Waals surface area (Å²) in [5, 5.41) is 13.4. The van der Waals surface area contributed by atoms with Gasteiger partial charge in [-0.3, -0.25) is 4.99 Å². The molecule has 0 amide bonds. The molecule has 0 atom stereocenters. The second-order valence-corrected chi connectivity index (χ2v) is 5.85. The van der Waals surface area contributed by atoms with Gasteiger partial charge in [0.15, 0.2) is 5.96 Å². The van der Waals surface area contributed by atoms with Crippen LogP contribution in [0.1, 0.15) is 5.56 Å². The number of aromatic hydroxyl groups is 1. The fraction of sp³-hybridized carbons (Fsp3) is 0.316. The van der Waals surface area contributed by atoms with Crippen LogP contribution < -0.4 is 10.2 Å². The van der Waals surface area contributed by atoms with Crippen LogP contribution in [0.4, 0.5) is 5.69 Å². The van der Waals surface area contributed by atoms with Crippen LogP contribution in [0.25, 0.3) is 0 Å². The summed E-state index contributed by atoms with van der Waals surface area (Å²) >= 11 is 0. The molecular weight excluding hydrogens is 300 g/mol. The average Bonchev–Trinajstić information content (AvgIpc) is 2.64. The fourth-order valence-corrected chi connectivity index (χ4v) is 3.00. The summed E-state index contributed by atoms with van der Waals surface area (Å²) in [6.45, 7) is 4.26. The third-order valence-corrected chi connectivity index (χ3v) is 4.31. The predicted molar refractivity (Wildman–Crippen MR) is 98.5 cm³/mol. The Morgan fingerprint density at radius 2 is 1.67 bits per heavy atom. The summed E-state index contributed by atoms with van der Waals surface area (Å²) in [5.74, 6) is 1.27. The SMILES string of the molecule is CN=C(NCc1ccccc1)N1CCN(c2ccccc2O)CC1. The third kappa shape index (κ3) is 3.79. The number of nitrogens with one attached hydrogen (secondary N) is 1. The van der Waals surface area contributed by atoms with Crippen molar-refractivity contribution >= 4 is 11.6 Å². The van der Waals surface area contributed by atoms with Crippen LogP contribution in [0, 0.1) is 0 Å². The number of hydrogen-bond acceptors (Lipinski definition) is 3.